The summed E-state index contributed by atoms with van der Waals surface area (Å²) in [6.45, 7) is 13.5. The number of para-hydroxylation sites is 1. The fourth-order valence-corrected chi connectivity index (χ4v) is 6.91. The van der Waals surface area contributed by atoms with E-state index in [1.54, 1.807) is 79.7 Å². The average molecular weight is 852 g/mol. The maximum Gasteiger partial charge on any atom is 0.308 e. The molecule has 2 N–H and O–H groups in total. The highest BCUT2D eigenvalue weighted by atomic mass is 32.2. The van der Waals surface area contributed by atoms with Crippen LogP contribution < -0.4 is 10.6 Å². The van der Waals surface area contributed by atoms with Crippen molar-refractivity contribution < 1.29 is 51.4 Å². The van der Waals surface area contributed by atoms with Gasteiger partial charge in [0.25, 0.3) is 0 Å². The smallest absolute Gasteiger partial charge is 0.308 e. The number of aryl methyl sites for hydroxylation is 1. The summed E-state index contributed by atoms with van der Waals surface area (Å²) in [6.07, 6.45) is 2.33. The predicted octanol–water partition coefficient (Wildman–Crippen LogP) is 5.69. The molecule has 0 aliphatic heterocycles. The normalized spacial score (nSPS) is 14.2. The Labute approximate surface area is 353 Å². The van der Waals surface area contributed by atoms with E-state index in [1.165, 1.54) is 6.08 Å². The summed E-state index contributed by atoms with van der Waals surface area (Å²) < 4.78 is 42.2. The molecule has 15 heteroatoms. The number of hydrogen-bond donors (Lipinski definition) is 2. The molecule has 328 valence electrons. The van der Waals surface area contributed by atoms with Crippen LogP contribution in [-0.2, 0) is 72.9 Å². The first-order valence-electron chi connectivity index (χ1n) is 20.0. The highest BCUT2D eigenvalue weighted by Crippen LogP contribution is 2.25. The average Bonchev–Trinajstić information content (AvgIpc) is 3.44. The number of rotatable bonds is 20. The summed E-state index contributed by atoms with van der Waals surface area (Å²) in [5.41, 5.74) is 0.624. The minimum absolute atomic E-state index is 0.00827. The van der Waals surface area contributed by atoms with Gasteiger partial charge in [-0.05, 0) is 64.7 Å². The van der Waals surface area contributed by atoms with E-state index in [2.05, 4.69) is 10.6 Å². The zero-order valence-electron chi connectivity index (χ0n) is 36.4. The topological polar surface area (TPSA) is 193 Å². The molecule has 2 aromatic carbocycles. The number of sulfone groups is 1. The number of carbonyl (C=O) groups is 6. The summed E-state index contributed by atoms with van der Waals surface area (Å²) in [6, 6.07) is 14.2. The number of aromatic nitrogens is 1. The van der Waals surface area contributed by atoms with Crippen LogP contribution >= 0.6 is 0 Å². The van der Waals surface area contributed by atoms with Gasteiger partial charge in [0.2, 0.25) is 11.8 Å². The SMILES string of the molecule is CC(C)[C@H](CC(=O)[C@H](Cc1cn(C)c2ccccc12)NC(=O)[C@@H](CC(=O)OCc1ccccc1)CC(=O)OC(C)(C)C)C(=O)N[C@H](/C=C/S(C)(=O)=O)CC(=O)OC(C)(C)C. The minimum atomic E-state index is -3.63. The van der Waals surface area contributed by atoms with Crippen molar-refractivity contribution in [2.24, 2.45) is 24.8 Å². The lowest BCUT2D eigenvalue weighted by molar-refractivity contribution is -0.159. The first kappa shape index (κ1) is 49.1. The van der Waals surface area contributed by atoms with Gasteiger partial charge in [-0.1, -0.05) is 68.5 Å². The fourth-order valence-electron chi connectivity index (χ4n) is 6.43. The second-order valence-electron chi connectivity index (χ2n) is 17.5. The molecule has 2 amide bonds. The molecule has 1 heterocycles. The number of hydrogen-bond acceptors (Lipinski definition) is 11. The van der Waals surface area contributed by atoms with Gasteiger partial charge in [0.1, 0.15) is 17.8 Å². The molecule has 3 rings (SSSR count). The van der Waals surface area contributed by atoms with Crippen molar-refractivity contribution in [3.63, 3.8) is 0 Å². The molecule has 0 fully saturated rings. The quantitative estimate of drug-likeness (QED) is 0.105. The lowest BCUT2D eigenvalue weighted by Gasteiger charge is -2.27. The molecule has 0 spiro atoms. The van der Waals surface area contributed by atoms with E-state index in [0.717, 1.165) is 33.7 Å². The Balaban J connectivity index is 1.96. The second kappa shape index (κ2) is 21.3. The number of amides is 2. The standard InChI is InChI=1S/C45H61N3O11S/c1-29(2)35(43(54)46-33(20-21-60(10,55)56)25-41(52)59-45(6,7)8)26-38(49)36(22-32-27-48(9)37-19-15-14-18-34(32)37)47-42(53)31(24-40(51)58-44(3,4)5)23-39(50)57-28-30-16-12-11-13-17-30/h11-21,27,29,31,33,35-36H,22-26,28H2,1-10H3,(H,46,54)(H,47,53)/b21-20+/t31-,33+,35-,36-/m0/s1. The van der Waals surface area contributed by atoms with E-state index in [0.29, 0.717) is 0 Å². The Hall–Kier alpha value is -5.31. The third-order valence-corrected chi connectivity index (χ3v) is 9.87. The van der Waals surface area contributed by atoms with Crippen molar-refractivity contribution in [2.75, 3.05) is 6.26 Å². The number of benzene rings is 2. The maximum atomic E-state index is 14.5. The van der Waals surface area contributed by atoms with Crippen LogP contribution in [0.3, 0.4) is 0 Å². The van der Waals surface area contributed by atoms with Gasteiger partial charge in [-0.15, -0.1) is 0 Å². The first-order valence-corrected chi connectivity index (χ1v) is 21.9. The summed E-state index contributed by atoms with van der Waals surface area (Å²) in [4.78, 5) is 81.6. The van der Waals surface area contributed by atoms with Crippen LogP contribution in [0.5, 0.6) is 0 Å². The number of carbonyl (C=O) groups excluding carboxylic acids is 6. The Morgan fingerprint density at radius 2 is 1.32 bits per heavy atom. The molecule has 14 nitrogen and oxygen atoms in total. The molecule has 60 heavy (non-hydrogen) atoms. The number of Topliss-reactive ketones (excluding diaryl/α,β-unsaturated/α-hetero) is 1. The largest absolute Gasteiger partial charge is 0.461 e. The van der Waals surface area contributed by atoms with Crippen LogP contribution in [0.1, 0.15) is 92.2 Å². The number of esters is 3. The monoisotopic (exact) mass is 851 g/mol. The number of ketones is 1. The van der Waals surface area contributed by atoms with Gasteiger partial charge < -0.3 is 29.4 Å². The highest BCUT2D eigenvalue weighted by molar-refractivity contribution is 7.93. The summed E-state index contributed by atoms with van der Waals surface area (Å²) >= 11 is 0. The van der Waals surface area contributed by atoms with E-state index < -0.39 is 99.2 Å². The Morgan fingerprint density at radius 3 is 1.90 bits per heavy atom. The summed E-state index contributed by atoms with van der Waals surface area (Å²) in [5, 5.41) is 7.25. The third-order valence-electron chi connectivity index (χ3n) is 9.22. The number of ether oxygens (including phenoxy) is 3. The highest BCUT2D eigenvalue weighted by Gasteiger charge is 2.35. The van der Waals surface area contributed by atoms with E-state index in [-0.39, 0.29) is 25.9 Å². The van der Waals surface area contributed by atoms with Gasteiger partial charge in [0.05, 0.1) is 37.3 Å². The molecule has 0 bridgehead atoms. The lowest BCUT2D eigenvalue weighted by atomic mass is 9.86. The van der Waals surface area contributed by atoms with Crippen LogP contribution in [0, 0.1) is 17.8 Å². The molecule has 0 saturated heterocycles. The molecule has 0 saturated carbocycles. The fraction of sp³-hybridized carbons (Fsp3) is 0.511. The third kappa shape index (κ3) is 17.1. The molecule has 0 unspecified atom stereocenters. The van der Waals surface area contributed by atoms with Gasteiger partial charge >= 0.3 is 17.9 Å². The number of fused-ring (bicyclic) bond motifs is 1. The molecule has 0 radical (unpaired) electrons. The lowest BCUT2D eigenvalue weighted by Crippen LogP contribution is -2.48. The molecule has 4 atom stereocenters. The second-order valence-corrected chi connectivity index (χ2v) is 19.4. The van der Waals surface area contributed by atoms with Crippen LogP contribution in [0.2, 0.25) is 0 Å². The Bertz CT molecular complexity index is 2130. The molecule has 0 aliphatic rings. The molecule has 3 aromatic rings. The first-order chi connectivity index (χ1) is 27.8. The Kier molecular flexibility index (Phi) is 17.4. The van der Waals surface area contributed by atoms with Gasteiger partial charge in [-0.3, -0.25) is 28.8 Å². The van der Waals surface area contributed by atoms with E-state index in [1.807, 2.05) is 48.1 Å². The van der Waals surface area contributed by atoms with E-state index in [4.69, 9.17) is 14.2 Å². The molecule has 1 aromatic heterocycles. The van der Waals surface area contributed by atoms with Gasteiger partial charge in [-0.2, -0.15) is 0 Å². The molecule has 0 aliphatic carbocycles. The van der Waals surface area contributed by atoms with Gasteiger partial charge in [0.15, 0.2) is 15.6 Å². The summed E-state index contributed by atoms with van der Waals surface area (Å²) in [7, 11) is -1.78. The zero-order valence-corrected chi connectivity index (χ0v) is 37.2. The minimum Gasteiger partial charge on any atom is -0.461 e. The number of nitrogens with zero attached hydrogens (tertiary/aromatic N) is 1. The van der Waals surface area contributed by atoms with Crippen LogP contribution in [0.25, 0.3) is 10.9 Å². The van der Waals surface area contributed by atoms with Crippen molar-refractivity contribution in [1.82, 2.24) is 15.2 Å². The number of nitrogens with one attached hydrogen (secondary N) is 2. The molecular formula is C45H61N3O11S. The van der Waals surface area contributed by atoms with Crippen molar-refractivity contribution in [3.8, 4) is 0 Å². The van der Waals surface area contributed by atoms with Crippen molar-refractivity contribution in [3.05, 3.63) is 83.4 Å². The van der Waals surface area contributed by atoms with Crippen LogP contribution in [0.15, 0.2) is 72.3 Å². The molecular weight excluding hydrogens is 791 g/mol. The van der Waals surface area contributed by atoms with Gasteiger partial charge in [0, 0.05) is 54.6 Å². The van der Waals surface area contributed by atoms with Crippen molar-refractivity contribution in [1.29, 1.82) is 0 Å². The van der Waals surface area contributed by atoms with Crippen LogP contribution in [0.4, 0.5) is 0 Å². The zero-order chi connectivity index (χ0) is 45.0. The maximum absolute atomic E-state index is 14.5. The van der Waals surface area contributed by atoms with E-state index >= 15 is 0 Å². The summed E-state index contributed by atoms with van der Waals surface area (Å²) in [5.74, 6) is -6.71. The van der Waals surface area contributed by atoms with Crippen molar-refractivity contribution >= 4 is 56.2 Å². The van der Waals surface area contributed by atoms with Crippen molar-refractivity contribution in [2.45, 2.75) is 117 Å². The van der Waals surface area contributed by atoms with Crippen LogP contribution in [-0.4, -0.2) is 78.0 Å². The van der Waals surface area contributed by atoms with E-state index in [9.17, 15) is 37.2 Å². The van der Waals surface area contributed by atoms with Gasteiger partial charge in [-0.25, -0.2) is 8.42 Å². The Morgan fingerprint density at radius 1 is 0.750 bits per heavy atom. The predicted molar refractivity (Wildman–Crippen MR) is 228 cm³/mol.